The minimum atomic E-state index is 0.534. The summed E-state index contributed by atoms with van der Waals surface area (Å²) in [5.41, 5.74) is 0. The van der Waals surface area contributed by atoms with E-state index in [9.17, 15) is 0 Å². The highest BCUT2D eigenvalue weighted by Gasteiger charge is 2.04. The fourth-order valence-corrected chi connectivity index (χ4v) is 2.66. The fraction of sp³-hybridized carbons (Fsp3) is 0. The van der Waals surface area contributed by atoms with Crippen LogP contribution in [0.25, 0.3) is 0 Å². The van der Waals surface area contributed by atoms with Crippen LogP contribution in [0.15, 0.2) is 56.9 Å². The van der Waals surface area contributed by atoms with E-state index in [-0.39, 0.29) is 0 Å². The Morgan fingerprint density at radius 3 is 2.67 bits per heavy atom. The molecule has 76 valence electrons. The van der Waals surface area contributed by atoms with Crippen LogP contribution in [0.1, 0.15) is 0 Å². The van der Waals surface area contributed by atoms with Crippen LogP contribution in [0.4, 0.5) is 0 Å². The molecule has 0 bridgehead atoms. The van der Waals surface area contributed by atoms with Gasteiger partial charge in [0.2, 0.25) is 0 Å². The first-order valence-electron chi connectivity index (χ1n) is 4.29. The van der Waals surface area contributed by atoms with Crippen LogP contribution in [-0.2, 0) is 0 Å². The zero-order chi connectivity index (χ0) is 10.7. The zero-order valence-corrected chi connectivity index (χ0v) is 10.8. The van der Waals surface area contributed by atoms with Crippen LogP contribution < -0.4 is 0 Å². The van der Waals surface area contributed by atoms with Crippen LogP contribution >= 0.6 is 39.3 Å². The molecule has 0 saturated carbocycles. The third kappa shape index (κ3) is 2.97. The maximum atomic E-state index is 5.99. The quantitative estimate of drug-likeness (QED) is 0.749. The van der Waals surface area contributed by atoms with Gasteiger partial charge in [-0.05, 0) is 34.1 Å². The first-order chi connectivity index (χ1) is 7.25. The Balaban J connectivity index is 2.28. The Morgan fingerprint density at radius 1 is 1.20 bits per heavy atom. The van der Waals surface area contributed by atoms with E-state index in [4.69, 9.17) is 11.6 Å². The molecule has 0 spiro atoms. The average molecular weight is 301 g/mol. The number of hydrogen-bond acceptors (Lipinski definition) is 2. The first-order valence-corrected chi connectivity index (χ1v) is 6.28. The molecule has 15 heavy (non-hydrogen) atoms. The van der Waals surface area contributed by atoms with Gasteiger partial charge in [-0.25, -0.2) is 4.98 Å². The van der Waals surface area contributed by atoms with Crippen molar-refractivity contribution in [1.82, 2.24) is 4.98 Å². The van der Waals surface area contributed by atoms with Crippen LogP contribution in [0, 0.1) is 0 Å². The largest absolute Gasteiger partial charge is 0.242 e. The molecule has 2 rings (SSSR count). The van der Waals surface area contributed by atoms with E-state index in [1.807, 2.05) is 36.4 Å². The summed E-state index contributed by atoms with van der Waals surface area (Å²) in [6.07, 6.45) is 1.69. The molecule has 0 fully saturated rings. The van der Waals surface area contributed by atoms with Crippen molar-refractivity contribution in [1.29, 1.82) is 0 Å². The minimum Gasteiger partial charge on any atom is -0.242 e. The van der Waals surface area contributed by atoms with Gasteiger partial charge in [0, 0.05) is 15.6 Å². The molecule has 1 heterocycles. The molecule has 0 atom stereocenters. The van der Waals surface area contributed by atoms with Gasteiger partial charge in [0.15, 0.2) is 0 Å². The molecule has 0 N–H and O–H groups in total. The van der Waals surface area contributed by atoms with Crippen molar-refractivity contribution in [3.05, 3.63) is 52.2 Å². The average Bonchev–Trinajstić information content (AvgIpc) is 2.25. The third-order valence-electron chi connectivity index (χ3n) is 1.74. The normalized spacial score (nSPS) is 10.3. The van der Waals surface area contributed by atoms with E-state index >= 15 is 0 Å². The van der Waals surface area contributed by atoms with Crippen LogP contribution in [0.2, 0.25) is 5.15 Å². The molecule has 1 aromatic carbocycles. The van der Waals surface area contributed by atoms with Gasteiger partial charge < -0.3 is 0 Å². The molecule has 0 aliphatic heterocycles. The Labute approximate surface area is 106 Å². The molecule has 0 amide bonds. The molecule has 0 unspecified atom stereocenters. The number of pyridine rings is 1. The molecule has 1 aromatic heterocycles. The molecule has 2 aromatic rings. The van der Waals surface area contributed by atoms with E-state index in [1.165, 1.54) is 0 Å². The van der Waals surface area contributed by atoms with E-state index < -0.39 is 0 Å². The molecular formula is C11H7BrClNS. The molecule has 0 aliphatic carbocycles. The van der Waals surface area contributed by atoms with Crippen molar-refractivity contribution in [2.24, 2.45) is 0 Å². The highest BCUT2D eigenvalue weighted by Crippen LogP contribution is 2.33. The van der Waals surface area contributed by atoms with Gasteiger partial charge in [0.25, 0.3) is 0 Å². The zero-order valence-electron chi connectivity index (χ0n) is 7.65. The predicted molar refractivity (Wildman–Crippen MR) is 67.5 cm³/mol. The Morgan fingerprint density at radius 2 is 1.93 bits per heavy atom. The topological polar surface area (TPSA) is 12.9 Å². The number of nitrogens with zero attached hydrogens (tertiary/aromatic N) is 1. The molecule has 0 saturated heterocycles. The SMILES string of the molecule is Clc1ncc(Br)cc1Sc1ccccc1. The van der Waals surface area contributed by atoms with Gasteiger partial charge in [-0.3, -0.25) is 0 Å². The number of aromatic nitrogens is 1. The smallest absolute Gasteiger partial charge is 0.142 e. The number of benzene rings is 1. The van der Waals surface area contributed by atoms with Crippen LogP contribution in [0.3, 0.4) is 0 Å². The summed E-state index contributed by atoms with van der Waals surface area (Å²) in [6, 6.07) is 12.0. The monoisotopic (exact) mass is 299 g/mol. The summed E-state index contributed by atoms with van der Waals surface area (Å²) in [7, 11) is 0. The van der Waals surface area contributed by atoms with Crippen molar-refractivity contribution < 1.29 is 0 Å². The lowest BCUT2D eigenvalue weighted by molar-refractivity contribution is 1.22. The Bertz CT molecular complexity index is 461. The van der Waals surface area contributed by atoms with Gasteiger partial charge in [-0.2, -0.15) is 0 Å². The highest BCUT2D eigenvalue weighted by molar-refractivity contribution is 9.10. The number of hydrogen-bond donors (Lipinski definition) is 0. The standard InChI is InChI=1S/C11H7BrClNS/c12-8-6-10(11(13)14-7-8)15-9-4-2-1-3-5-9/h1-7H. The summed E-state index contributed by atoms with van der Waals surface area (Å²) in [6.45, 7) is 0. The van der Waals surface area contributed by atoms with Gasteiger partial charge in [0.1, 0.15) is 5.15 Å². The summed E-state index contributed by atoms with van der Waals surface area (Å²) in [4.78, 5) is 6.18. The lowest BCUT2D eigenvalue weighted by Crippen LogP contribution is -1.80. The summed E-state index contributed by atoms with van der Waals surface area (Å²) in [5, 5.41) is 0.534. The van der Waals surface area contributed by atoms with E-state index in [2.05, 4.69) is 20.9 Å². The highest BCUT2D eigenvalue weighted by atomic mass is 79.9. The summed E-state index contributed by atoms with van der Waals surface area (Å²) < 4.78 is 0.935. The molecular weight excluding hydrogens is 294 g/mol. The molecule has 0 aliphatic rings. The second kappa shape index (κ2) is 5.01. The van der Waals surface area contributed by atoms with Crippen molar-refractivity contribution in [2.45, 2.75) is 9.79 Å². The molecule has 1 nitrogen and oxygen atoms in total. The predicted octanol–water partition coefficient (Wildman–Crippen LogP) is 4.65. The molecule has 4 heteroatoms. The number of rotatable bonds is 2. The fourth-order valence-electron chi connectivity index (χ4n) is 1.09. The first kappa shape index (κ1) is 11.0. The van der Waals surface area contributed by atoms with E-state index in [1.54, 1.807) is 18.0 Å². The van der Waals surface area contributed by atoms with Gasteiger partial charge >= 0.3 is 0 Å². The maximum absolute atomic E-state index is 5.99. The second-order valence-electron chi connectivity index (χ2n) is 2.86. The van der Waals surface area contributed by atoms with E-state index in [0.29, 0.717) is 5.15 Å². The maximum Gasteiger partial charge on any atom is 0.142 e. The summed E-state index contributed by atoms with van der Waals surface area (Å²) >= 11 is 11.0. The van der Waals surface area contributed by atoms with Crippen molar-refractivity contribution in [3.63, 3.8) is 0 Å². The summed E-state index contributed by atoms with van der Waals surface area (Å²) in [5.74, 6) is 0. The minimum absolute atomic E-state index is 0.534. The van der Waals surface area contributed by atoms with Crippen molar-refractivity contribution >= 4 is 39.3 Å². The van der Waals surface area contributed by atoms with Gasteiger partial charge in [-0.15, -0.1) is 0 Å². The third-order valence-corrected chi connectivity index (χ3v) is 3.63. The lowest BCUT2D eigenvalue weighted by atomic mass is 10.4. The Kier molecular flexibility index (Phi) is 3.67. The van der Waals surface area contributed by atoms with Gasteiger partial charge in [0.05, 0.1) is 4.90 Å². The lowest BCUT2D eigenvalue weighted by Gasteiger charge is -2.03. The molecule has 0 radical (unpaired) electrons. The number of halogens is 2. The van der Waals surface area contributed by atoms with Crippen LogP contribution in [0.5, 0.6) is 0 Å². The Hall–Kier alpha value is -0.510. The van der Waals surface area contributed by atoms with Gasteiger partial charge in [-0.1, -0.05) is 41.6 Å². The van der Waals surface area contributed by atoms with Crippen molar-refractivity contribution in [3.8, 4) is 0 Å². The van der Waals surface area contributed by atoms with E-state index in [0.717, 1.165) is 14.3 Å². The van der Waals surface area contributed by atoms with Crippen molar-refractivity contribution in [2.75, 3.05) is 0 Å². The second-order valence-corrected chi connectivity index (χ2v) is 5.25. The van der Waals surface area contributed by atoms with Crippen LogP contribution in [-0.4, -0.2) is 4.98 Å².